The Morgan fingerprint density at radius 2 is 0.435 bits per heavy atom. The molecular formula is C23H62. The van der Waals surface area contributed by atoms with Crippen LogP contribution in [0.1, 0.15) is 138 Å². The van der Waals surface area contributed by atoms with E-state index in [1.54, 1.807) is 0 Å². The second-order valence-corrected chi connectivity index (χ2v) is 5.77. The van der Waals surface area contributed by atoms with Gasteiger partial charge in [-0.05, 0) is 17.8 Å². The van der Waals surface area contributed by atoms with E-state index in [-0.39, 0.29) is 37.1 Å². The van der Waals surface area contributed by atoms with E-state index in [4.69, 9.17) is 0 Å². The van der Waals surface area contributed by atoms with Crippen molar-refractivity contribution in [2.75, 3.05) is 0 Å². The maximum absolute atomic E-state index is 2.28. The molecule has 0 aliphatic rings. The largest absolute Gasteiger partial charge is 0.0776 e. The Bertz CT molecular complexity index is 81.4. The average Bonchev–Trinajstić information content (AvgIpc) is 2.45. The second kappa shape index (κ2) is 43.1. The number of hydrogen-bond donors (Lipinski definition) is 0. The molecule has 0 aliphatic heterocycles. The van der Waals surface area contributed by atoms with Crippen molar-refractivity contribution in [2.45, 2.75) is 138 Å². The van der Waals surface area contributed by atoms with Crippen LogP contribution < -0.4 is 0 Å². The summed E-state index contributed by atoms with van der Waals surface area (Å²) in [7, 11) is 0. The fourth-order valence-corrected chi connectivity index (χ4v) is 0.866. The summed E-state index contributed by atoms with van der Waals surface area (Å²) in [6.45, 7) is 20.2. The number of hydrogen-bond acceptors (Lipinski definition) is 0. The van der Waals surface area contributed by atoms with Crippen molar-refractivity contribution in [1.29, 1.82) is 0 Å². The zero-order valence-electron chi connectivity index (χ0n) is 15.0. The molecule has 0 amide bonds. The molecular weight excluding hydrogens is 276 g/mol. The fraction of sp³-hybridized carbons (Fsp3) is 1.00. The van der Waals surface area contributed by atoms with E-state index in [0.717, 1.165) is 17.8 Å². The van der Waals surface area contributed by atoms with Gasteiger partial charge in [0.05, 0.1) is 0 Å². The molecule has 0 radical (unpaired) electrons. The molecule has 0 fully saturated rings. The Morgan fingerprint density at radius 3 is 0.435 bits per heavy atom. The summed E-state index contributed by atoms with van der Waals surface area (Å²) >= 11 is 0. The van der Waals surface area contributed by atoms with E-state index < -0.39 is 0 Å². The summed E-state index contributed by atoms with van der Waals surface area (Å²) in [5.41, 5.74) is 0. The zero-order valence-corrected chi connectivity index (χ0v) is 15.0. The van der Waals surface area contributed by atoms with Crippen LogP contribution in [0, 0.1) is 17.8 Å². The standard InChI is InChI=1S/3C6H14.5CH4/c3*1-4-6(3)5-2;;;;;/h3*6H,4-5H2,1-3H3;5*1H4. The minimum Gasteiger partial charge on any atom is -0.0776 e. The quantitative estimate of drug-likeness (QED) is 0.451. The predicted molar refractivity (Wildman–Crippen MR) is 123 cm³/mol. The molecule has 0 unspecified atom stereocenters. The maximum atomic E-state index is 2.28. The monoisotopic (exact) mass is 338 g/mol. The third-order valence-corrected chi connectivity index (χ3v) is 4.18. The van der Waals surface area contributed by atoms with E-state index in [1.807, 2.05) is 0 Å². The lowest BCUT2D eigenvalue weighted by atomic mass is 10.1. The van der Waals surface area contributed by atoms with E-state index >= 15 is 0 Å². The first-order chi connectivity index (χ1) is 8.42. The van der Waals surface area contributed by atoms with Gasteiger partial charge in [-0.15, -0.1) is 0 Å². The van der Waals surface area contributed by atoms with Gasteiger partial charge in [0.25, 0.3) is 0 Å². The highest BCUT2D eigenvalue weighted by atomic mass is 14.0. The van der Waals surface area contributed by atoms with Crippen LogP contribution in [-0.4, -0.2) is 0 Å². The first kappa shape index (κ1) is 49.5. The lowest BCUT2D eigenvalue weighted by Gasteiger charge is -1.98. The fourth-order valence-electron chi connectivity index (χ4n) is 0.866. The van der Waals surface area contributed by atoms with Crippen molar-refractivity contribution in [3.05, 3.63) is 0 Å². The zero-order chi connectivity index (χ0) is 15.0. The molecule has 0 saturated heterocycles. The Balaban J connectivity index is -0.0000000221. The molecule has 23 heavy (non-hydrogen) atoms. The lowest BCUT2D eigenvalue weighted by molar-refractivity contribution is 0.544. The molecule has 0 heterocycles. The summed E-state index contributed by atoms with van der Waals surface area (Å²) in [5, 5.41) is 0. The lowest BCUT2D eigenvalue weighted by Crippen LogP contribution is -1.85. The van der Waals surface area contributed by atoms with Gasteiger partial charge < -0.3 is 0 Å². The van der Waals surface area contributed by atoms with Gasteiger partial charge in [0, 0.05) is 0 Å². The van der Waals surface area contributed by atoms with Gasteiger partial charge in [-0.2, -0.15) is 0 Å². The van der Waals surface area contributed by atoms with E-state index in [2.05, 4.69) is 62.3 Å². The summed E-state index contributed by atoms with van der Waals surface area (Å²) in [6, 6.07) is 0. The van der Waals surface area contributed by atoms with Crippen molar-refractivity contribution in [3.63, 3.8) is 0 Å². The van der Waals surface area contributed by atoms with Crippen LogP contribution in [-0.2, 0) is 0 Å². The molecule has 0 rings (SSSR count). The molecule has 154 valence electrons. The maximum Gasteiger partial charge on any atom is -0.0448 e. The molecule has 0 aromatic carbocycles. The molecule has 0 bridgehead atoms. The van der Waals surface area contributed by atoms with Gasteiger partial charge in [-0.1, -0.05) is 138 Å². The first-order valence-electron chi connectivity index (χ1n) is 8.42. The molecule has 0 saturated carbocycles. The van der Waals surface area contributed by atoms with Crippen LogP contribution in [0.25, 0.3) is 0 Å². The third-order valence-electron chi connectivity index (χ3n) is 4.18. The predicted octanol–water partition coefficient (Wildman–Crippen LogP) is 10.5. The summed E-state index contributed by atoms with van der Waals surface area (Å²) in [6.07, 6.45) is 7.98. The van der Waals surface area contributed by atoms with Crippen LogP contribution in [0.15, 0.2) is 0 Å². The summed E-state index contributed by atoms with van der Waals surface area (Å²) < 4.78 is 0. The van der Waals surface area contributed by atoms with Crippen LogP contribution in [0.5, 0.6) is 0 Å². The van der Waals surface area contributed by atoms with Crippen LogP contribution in [0.2, 0.25) is 0 Å². The molecule has 0 N–H and O–H groups in total. The molecule has 0 spiro atoms. The molecule has 0 aliphatic carbocycles. The SMILES string of the molecule is C.C.C.C.C.CCC(C)CC.CCC(C)CC.CCC(C)CC. The highest BCUT2D eigenvalue weighted by molar-refractivity contribution is 4.42. The molecule has 0 nitrogen and oxygen atoms in total. The molecule has 0 atom stereocenters. The minimum absolute atomic E-state index is 0. The van der Waals surface area contributed by atoms with Crippen LogP contribution >= 0.6 is 0 Å². The minimum atomic E-state index is 0. The second-order valence-electron chi connectivity index (χ2n) is 5.77. The Labute approximate surface area is 156 Å². The van der Waals surface area contributed by atoms with Gasteiger partial charge in [-0.25, -0.2) is 0 Å². The smallest absolute Gasteiger partial charge is 0.0448 e. The third kappa shape index (κ3) is 61.1. The van der Waals surface area contributed by atoms with E-state index in [1.165, 1.54) is 38.5 Å². The Kier molecular flexibility index (Phi) is 92.8. The summed E-state index contributed by atoms with van der Waals surface area (Å²) in [5.74, 6) is 2.81. The first-order valence-corrected chi connectivity index (χ1v) is 8.42. The van der Waals surface area contributed by atoms with E-state index in [0.29, 0.717) is 0 Å². The highest BCUT2D eigenvalue weighted by Crippen LogP contribution is 2.03. The Morgan fingerprint density at radius 1 is 0.348 bits per heavy atom. The van der Waals surface area contributed by atoms with Gasteiger partial charge in [0.1, 0.15) is 0 Å². The van der Waals surface area contributed by atoms with Crippen LogP contribution in [0.4, 0.5) is 0 Å². The van der Waals surface area contributed by atoms with Crippen molar-refractivity contribution in [3.8, 4) is 0 Å². The van der Waals surface area contributed by atoms with Crippen molar-refractivity contribution >= 4 is 0 Å². The molecule has 0 heteroatoms. The highest BCUT2D eigenvalue weighted by Gasteiger charge is 1.89. The number of rotatable bonds is 6. The Hall–Kier alpha value is 0. The van der Waals surface area contributed by atoms with Crippen LogP contribution in [0.3, 0.4) is 0 Å². The van der Waals surface area contributed by atoms with Crippen molar-refractivity contribution < 1.29 is 0 Å². The van der Waals surface area contributed by atoms with Crippen molar-refractivity contribution in [2.24, 2.45) is 17.8 Å². The summed E-state index contributed by atoms with van der Waals surface area (Å²) in [4.78, 5) is 0. The van der Waals surface area contributed by atoms with Gasteiger partial charge in [0.15, 0.2) is 0 Å². The van der Waals surface area contributed by atoms with Crippen molar-refractivity contribution in [1.82, 2.24) is 0 Å². The van der Waals surface area contributed by atoms with Gasteiger partial charge >= 0.3 is 0 Å². The van der Waals surface area contributed by atoms with Gasteiger partial charge in [-0.3, -0.25) is 0 Å². The van der Waals surface area contributed by atoms with E-state index in [9.17, 15) is 0 Å². The topological polar surface area (TPSA) is 0 Å². The van der Waals surface area contributed by atoms with Gasteiger partial charge in [0.2, 0.25) is 0 Å². The molecule has 0 aromatic rings. The average molecular weight is 339 g/mol. The normalized spacial score (nSPS) is 7.83. The molecule has 0 aromatic heterocycles.